The monoisotopic (exact) mass is 283 g/mol. The number of pyridine rings is 1. The number of hydrogen-bond acceptors (Lipinski definition) is 6. The summed E-state index contributed by atoms with van der Waals surface area (Å²) in [4.78, 5) is 34.7. The summed E-state index contributed by atoms with van der Waals surface area (Å²) in [7, 11) is 0. The van der Waals surface area contributed by atoms with E-state index in [4.69, 9.17) is 5.73 Å². The average molecular weight is 283 g/mol. The minimum absolute atomic E-state index is 0.126. The second-order valence-corrected chi connectivity index (χ2v) is 4.12. The molecule has 106 valence electrons. The van der Waals surface area contributed by atoms with Crippen LogP contribution in [-0.4, -0.2) is 26.6 Å². The van der Waals surface area contributed by atoms with Gasteiger partial charge in [0.25, 0.3) is 5.91 Å². The van der Waals surface area contributed by atoms with Gasteiger partial charge >= 0.3 is 0 Å². The van der Waals surface area contributed by atoms with Gasteiger partial charge in [-0.3, -0.25) is 14.6 Å². The highest BCUT2D eigenvalue weighted by atomic mass is 16.2. The van der Waals surface area contributed by atoms with E-state index >= 15 is 0 Å². The number of nitrogens with one attached hydrogen (secondary N) is 1. The maximum Gasteiger partial charge on any atom is 0.253 e. The van der Waals surface area contributed by atoms with Crippen molar-refractivity contribution < 1.29 is 9.59 Å². The highest BCUT2D eigenvalue weighted by molar-refractivity contribution is 6.18. The minimum Gasteiger partial charge on any atom is -0.365 e. The summed E-state index contributed by atoms with van der Waals surface area (Å²) >= 11 is 0. The van der Waals surface area contributed by atoms with Gasteiger partial charge in [-0.15, -0.1) is 0 Å². The van der Waals surface area contributed by atoms with Crippen molar-refractivity contribution in [2.45, 2.75) is 6.92 Å². The van der Waals surface area contributed by atoms with Crippen molar-refractivity contribution in [2.24, 2.45) is 5.73 Å². The molecule has 1 amide bonds. The number of primary amides is 1. The first-order chi connectivity index (χ1) is 10.1. The molecule has 3 N–H and O–H groups in total. The Kier molecular flexibility index (Phi) is 4.35. The largest absolute Gasteiger partial charge is 0.365 e. The van der Waals surface area contributed by atoms with Crippen molar-refractivity contribution >= 4 is 17.5 Å². The van der Waals surface area contributed by atoms with Gasteiger partial charge in [0.2, 0.25) is 0 Å². The van der Waals surface area contributed by atoms with Crippen LogP contribution in [0.1, 0.15) is 6.92 Å². The van der Waals surface area contributed by atoms with Crippen LogP contribution < -0.4 is 11.1 Å². The van der Waals surface area contributed by atoms with Crippen LogP contribution in [0, 0.1) is 0 Å². The Bertz CT molecular complexity index is 682. The fraction of sp³-hybridized carbons (Fsp3) is 0.0714. The van der Waals surface area contributed by atoms with Crippen LogP contribution >= 0.6 is 0 Å². The number of ketones is 1. The predicted molar refractivity (Wildman–Crippen MR) is 76.8 cm³/mol. The van der Waals surface area contributed by atoms with E-state index < -0.39 is 11.7 Å². The van der Waals surface area contributed by atoms with Gasteiger partial charge in [-0.1, -0.05) is 0 Å². The van der Waals surface area contributed by atoms with Crippen molar-refractivity contribution in [1.82, 2.24) is 15.0 Å². The molecule has 0 fully saturated rings. The number of Topliss-reactive ketones (excluding diaryl/α,β-unsaturated/α-hetero) is 1. The Labute approximate surface area is 120 Å². The second kappa shape index (κ2) is 6.38. The molecule has 0 spiro atoms. The molecule has 7 nitrogen and oxygen atoms in total. The lowest BCUT2D eigenvalue weighted by atomic mass is 10.2. The van der Waals surface area contributed by atoms with E-state index in [1.54, 1.807) is 36.8 Å². The first-order valence-corrected chi connectivity index (χ1v) is 6.09. The summed E-state index contributed by atoms with van der Waals surface area (Å²) in [6.45, 7) is 1.26. The molecule has 2 rings (SSSR count). The van der Waals surface area contributed by atoms with E-state index in [-0.39, 0.29) is 5.57 Å². The lowest BCUT2D eigenvalue weighted by Gasteiger charge is -2.04. The Hall–Kier alpha value is -3.09. The summed E-state index contributed by atoms with van der Waals surface area (Å²) in [5.41, 5.74) is 5.79. The third kappa shape index (κ3) is 3.69. The SMILES string of the molecule is CC(=O)C(=CNc1ccnc(-c2ccncc2)n1)C(N)=O. The third-order valence-corrected chi connectivity index (χ3v) is 2.60. The molecule has 7 heteroatoms. The zero-order valence-corrected chi connectivity index (χ0v) is 11.3. The molecule has 0 aliphatic heterocycles. The fourth-order valence-corrected chi connectivity index (χ4v) is 1.57. The fourth-order valence-electron chi connectivity index (χ4n) is 1.57. The number of carbonyl (C=O) groups is 2. The minimum atomic E-state index is -0.793. The molecular weight excluding hydrogens is 270 g/mol. The van der Waals surface area contributed by atoms with Gasteiger partial charge in [0, 0.05) is 30.4 Å². The molecule has 0 saturated heterocycles. The molecule has 0 bridgehead atoms. The number of amides is 1. The van der Waals surface area contributed by atoms with E-state index in [9.17, 15) is 9.59 Å². The zero-order valence-electron chi connectivity index (χ0n) is 11.3. The van der Waals surface area contributed by atoms with Gasteiger partial charge in [0.15, 0.2) is 11.6 Å². The Morgan fingerprint density at radius 3 is 2.52 bits per heavy atom. The van der Waals surface area contributed by atoms with E-state index in [1.165, 1.54) is 13.1 Å². The third-order valence-electron chi connectivity index (χ3n) is 2.60. The lowest BCUT2D eigenvalue weighted by Crippen LogP contribution is -2.20. The molecule has 0 unspecified atom stereocenters. The highest BCUT2D eigenvalue weighted by Crippen LogP contribution is 2.14. The van der Waals surface area contributed by atoms with Crippen LogP contribution in [0.2, 0.25) is 0 Å². The van der Waals surface area contributed by atoms with Crippen molar-refractivity contribution in [3.63, 3.8) is 0 Å². The molecule has 0 atom stereocenters. The molecule has 0 aliphatic rings. The normalized spacial score (nSPS) is 11.0. The summed E-state index contributed by atoms with van der Waals surface area (Å²) in [5, 5.41) is 2.77. The van der Waals surface area contributed by atoms with Gasteiger partial charge in [0.05, 0.1) is 5.57 Å². The zero-order chi connectivity index (χ0) is 15.2. The van der Waals surface area contributed by atoms with Crippen molar-refractivity contribution in [3.05, 3.63) is 48.6 Å². The van der Waals surface area contributed by atoms with Gasteiger partial charge in [-0.2, -0.15) is 0 Å². The predicted octanol–water partition coefficient (Wildman–Crippen LogP) is 0.909. The first-order valence-electron chi connectivity index (χ1n) is 6.09. The van der Waals surface area contributed by atoms with Crippen LogP contribution in [0.5, 0.6) is 0 Å². The molecule has 2 aromatic rings. The number of carbonyl (C=O) groups excluding carboxylic acids is 2. The number of aromatic nitrogens is 3. The maximum atomic E-state index is 11.2. The highest BCUT2D eigenvalue weighted by Gasteiger charge is 2.10. The molecule has 21 heavy (non-hydrogen) atoms. The number of nitrogens with zero attached hydrogens (tertiary/aromatic N) is 3. The van der Waals surface area contributed by atoms with E-state index in [0.717, 1.165) is 5.56 Å². The van der Waals surface area contributed by atoms with Gasteiger partial charge in [0.1, 0.15) is 5.82 Å². The topological polar surface area (TPSA) is 111 Å². The Morgan fingerprint density at radius 2 is 1.90 bits per heavy atom. The van der Waals surface area contributed by atoms with Gasteiger partial charge in [-0.25, -0.2) is 9.97 Å². The lowest BCUT2D eigenvalue weighted by molar-refractivity contribution is -0.119. The van der Waals surface area contributed by atoms with Crippen LogP contribution in [-0.2, 0) is 9.59 Å². The molecule has 0 radical (unpaired) electrons. The van der Waals surface area contributed by atoms with Crippen LogP contribution in [0.4, 0.5) is 5.82 Å². The standard InChI is InChI=1S/C14H13N5O2/c1-9(20)11(13(15)21)8-18-12-4-7-17-14(19-12)10-2-5-16-6-3-10/h2-8H,1H3,(H2,15,21)(H,17,18,19). The van der Waals surface area contributed by atoms with Crippen molar-refractivity contribution in [1.29, 1.82) is 0 Å². The Balaban J connectivity index is 2.25. The van der Waals surface area contributed by atoms with Crippen molar-refractivity contribution in [2.75, 3.05) is 5.32 Å². The van der Waals surface area contributed by atoms with Crippen molar-refractivity contribution in [3.8, 4) is 11.4 Å². The first kappa shape index (κ1) is 14.3. The van der Waals surface area contributed by atoms with E-state index in [2.05, 4.69) is 20.3 Å². The molecule has 0 aliphatic carbocycles. The summed E-state index contributed by atoms with van der Waals surface area (Å²) in [6.07, 6.45) is 6.08. The number of nitrogens with two attached hydrogens (primary N) is 1. The number of rotatable bonds is 5. The summed E-state index contributed by atoms with van der Waals surface area (Å²) in [5.74, 6) is -0.270. The smallest absolute Gasteiger partial charge is 0.253 e. The van der Waals surface area contributed by atoms with E-state index in [1.807, 2.05) is 0 Å². The quantitative estimate of drug-likeness (QED) is 0.479. The van der Waals surface area contributed by atoms with E-state index in [0.29, 0.717) is 11.6 Å². The molecule has 0 aromatic carbocycles. The average Bonchev–Trinajstić information content (AvgIpc) is 2.48. The molecular formula is C14H13N5O2. The second-order valence-electron chi connectivity index (χ2n) is 4.12. The van der Waals surface area contributed by atoms with Gasteiger partial charge in [-0.05, 0) is 25.1 Å². The summed E-state index contributed by atoms with van der Waals surface area (Å²) < 4.78 is 0. The Morgan fingerprint density at radius 1 is 1.19 bits per heavy atom. The summed E-state index contributed by atoms with van der Waals surface area (Å²) in [6, 6.07) is 5.17. The molecule has 2 heterocycles. The number of hydrogen-bond donors (Lipinski definition) is 2. The molecule has 2 aromatic heterocycles. The van der Waals surface area contributed by atoms with Crippen LogP contribution in [0.15, 0.2) is 48.6 Å². The van der Waals surface area contributed by atoms with Crippen LogP contribution in [0.3, 0.4) is 0 Å². The molecule has 0 saturated carbocycles. The van der Waals surface area contributed by atoms with Gasteiger partial charge < -0.3 is 11.1 Å². The maximum absolute atomic E-state index is 11.2. The van der Waals surface area contributed by atoms with Crippen LogP contribution in [0.25, 0.3) is 11.4 Å². The number of anilines is 1.